The normalized spacial score (nSPS) is 22.8. The van der Waals surface area contributed by atoms with Gasteiger partial charge in [-0.05, 0) is 25.5 Å². The van der Waals surface area contributed by atoms with Gasteiger partial charge in [-0.25, -0.2) is 9.97 Å². The van der Waals surface area contributed by atoms with Crippen LogP contribution in [-0.2, 0) is 0 Å². The van der Waals surface area contributed by atoms with Gasteiger partial charge in [0.05, 0.1) is 5.69 Å². The molecular formula is C8H12N4. The smallest absolute Gasteiger partial charge is 0.220 e. The molecule has 64 valence electrons. The van der Waals surface area contributed by atoms with Crippen molar-refractivity contribution in [2.24, 2.45) is 0 Å². The molecule has 0 bridgehead atoms. The van der Waals surface area contributed by atoms with Crippen molar-refractivity contribution in [3.8, 4) is 0 Å². The molecule has 0 amide bonds. The lowest BCUT2D eigenvalue weighted by atomic mass is 10.1. The highest BCUT2D eigenvalue weighted by Crippen LogP contribution is 2.20. The summed E-state index contributed by atoms with van der Waals surface area (Å²) in [5.41, 5.74) is 6.49. The van der Waals surface area contributed by atoms with Gasteiger partial charge in [0.1, 0.15) is 0 Å². The van der Waals surface area contributed by atoms with Crippen molar-refractivity contribution in [2.45, 2.75) is 18.9 Å². The van der Waals surface area contributed by atoms with Crippen molar-refractivity contribution in [3.63, 3.8) is 0 Å². The zero-order chi connectivity index (χ0) is 8.39. The van der Waals surface area contributed by atoms with E-state index in [4.69, 9.17) is 5.73 Å². The Morgan fingerprint density at radius 2 is 2.50 bits per heavy atom. The highest BCUT2D eigenvalue weighted by molar-refractivity contribution is 5.19. The molecule has 4 nitrogen and oxygen atoms in total. The van der Waals surface area contributed by atoms with Gasteiger partial charge < -0.3 is 11.1 Å². The van der Waals surface area contributed by atoms with Gasteiger partial charge >= 0.3 is 0 Å². The first-order chi connectivity index (χ1) is 5.86. The number of nitrogens with zero attached hydrogens (tertiary/aromatic N) is 2. The molecule has 0 unspecified atom stereocenters. The van der Waals surface area contributed by atoms with Crippen LogP contribution in [-0.4, -0.2) is 16.5 Å². The summed E-state index contributed by atoms with van der Waals surface area (Å²) < 4.78 is 0. The quantitative estimate of drug-likeness (QED) is 0.633. The number of hydrogen-bond donors (Lipinski definition) is 2. The summed E-state index contributed by atoms with van der Waals surface area (Å²) in [7, 11) is 0. The number of aromatic nitrogens is 2. The Hall–Kier alpha value is -1.16. The van der Waals surface area contributed by atoms with Gasteiger partial charge in [-0.1, -0.05) is 0 Å². The van der Waals surface area contributed by atoms with E-state index in [-0.39, 0.29) is 0 Å². The maximum absolute atomic E-state index is 5.48. The largest absolute Gasteiger partial charge is 0.368 e. The fraction of sp³-hybridized carbons (Fsp3) is 0.500. The second-order valence-electron chi connectivity index (χ2n) is 2.99. The van der Waals surface area contributed by atoms with Gasteiger partial charge in [-0.3, -0.25) is 0 Å². The van der Waals surface area contributed by atoms with E-state index in [1.54, 1.807) is 6.20 Å². The van der Waals surface area contributed by atoms with E-state index in [0.29, 0.717) is 12.0 Å². The highest BCUT2D eigenvalue weighted by atomic mass is 15.0. The van der Waals surface area contributed by atoms with Crippen LogP contribution in [0, 0.1) is 0 Å². The number of nitrogen functional groups attached to an aromatic ring is 1. The van der Waals surface area contributed by atoms with Gasteiger partial charge in [-0.15, -0.1) is 0 Å². The molecule has 0 spiro atoms. The SMILES string of the molecule is Nc1nccc([C@H]2CCCN2)n1. The number of rotatable bonds is 1. The van der Waals surface area contributed by atoms with Crippen LogP contribution in [0.5, 0.6) is 0 Å². The lowest BCUT2D eigenvalue weighted by molar-refractivity contribution is 0.627. The van der Waals surface area contributed by atoms with Crippen LogP contribution in [0.3, 0.4) is 0 Å². The fourth-order valence-electron chi connectivity index (χ4n) is 1.52. The zero-order valence-electron chi connectivity index (χ0n) is 6.83. The highest BCUT2D eigenvalue weighted by Gasteiger charge is 2.17. The Bertz CT molecular complexity index is 268. The minimum Gasteiger partial charge on any atom is -0.368 e. The molecule has 1 fully saturated rings. The van der Waals surface area contributed by atoms with Crippen molar-refractivity contribution in [2.75, 3.05) is 12.3 Å². The molecule has 1 saturated heterocycles. The summed E-state index contributed by atoms with van der Waals surface area (Å²) in [4.78, 5) is 8.01. The number of nitrogens with two attached hydrogens (primary N) is 1. The number of anilines is 1. The average molecular weight is 164 g/mol. The maximum Gasteiger partial charge on any atom is 0.220 e. The van der Waals surface area contributed by atoms with Crippen LogP contribution >= 0.6 is 0 Å². The summed E-state index contributed by atoms with van der Waals surface area (Å²) >= 11 is 0. The minimum absolute atomic E-state index is 0.362. The molecule has 1 aromatic rings. The predicted molar refractivity (Wildman–Crippen MR) is 46.4 cm³/mol. The predicted octanol–water partition coefficient (Wildman–Crippen LogP) is 0.483. The molecule has 0 aromatic carbocycles. The standard InChI is InChI=1S/C8H12N4/c9-8-11-5-3-7(12-8)6-2-1-4-10-6/h3,5-6,10H,1-2,4H2,(H2,9,11,12)/t6-/m1/s1. The van der Waals surface area contributed by atoms with Crippen LogP contribution in [0.15, 0.2) is 12.3 Å². The van der Waals surface area contributed by atoms with E-state index in [0.717, 1.165) is 18.7 Å². The molecule has 0 radical (unpaired) electrons. The summed E-state index contributed by atoms with van der Waals surface area (Å²) in [6.45, 7) is 1.08. The molecule has 12 heavy (non-hydrogen) atoms. The van der Waals surface area contributed by atoms with Crippen LogP contribution in [0.2, 0.25) is 0 Å². The third kappa shape index (κ3) is 1.38. The molecular weight excluding hydrogens is 152 g/mol. The number of nitrogens with one attached hydrogen (secondary N) is 1. The lowest BCUT2D eigenvalue weighted by Crippen LogP contribution is -2.15. The molecule has 0 aliphatic carbocycles. The van der Waals surface area contributed by atoms with Crippen LogP contribution < -0.4 is 11.1 Å². The third-order valence-electron chi connectivity index (χ3n) is 2.11. The minimum atomic E-state index is 0.362. The van der Waals surface area contributed by atoms with Crippen LogP contribution in [0.25, 0.3) is 0 Å². The maximum atomic E-state index is 5.48. The van der Waals surface area contributed by atoms with Crippen molar-refractivity contribution >= 4 is 5.95 Å². The first-order valence-electron chi connectivity index (χ1n) is 4.18. The van der Waals surface area contributed by atoms with Crippen LogP contribution in [0.1, 0.15) is 24.6 Å². The average Bonchev–Trinajstić information content (AvgIpc) is 2.56. The molecule has 1 atom stereocenters. The Morgan fingerprint density at radius 1 is 1.58 bits per heavy atom. The topological polar surface area (TPSA) is 63.8 Å². The number of hydrogen-bond acceptors (Lipinski definition) is 4. The first kappa shape index (κ1) is 7.49. The van der Waals surface area contributed by atoms with Gasteiger partial charge in [0, 0.05) is 12.2 Å². The van der Waals surface area contributed by atoms with E-state index in [1.165, 1.54) is 6.42 Å². The Morgan fingerprint density at radius 3 is 3.17 bits per heavy atom. The second-order valence-corrected chi connectivity index (χ2v) is 2.99. The molecule has 2 rings (SSSR count). The summed E-state index contributed by atoms with van der Waals surface area (Å²) in [5, 5.41) is 3.35. The van der Waals surface area contributed by atoms with E-state index in [9.17, 15) is 0 Å². The van der Waals surface area contributed by atoms with Crippen molar-refractivity contribution in [3.05, 3.63) is 18.0 Å². The second kappa shape index (κ2) is 3.06. The molecule has 0 saturated carbocycles. The Kier molecular flexibility index (Phi) is 1.91. The van der Waals surface area contributed by atoms with E-state index >= 15 is 0 Å². The van der Waals surface area contributed by atoms with Crippen molar-refractivity contribution in [1.29, 1.82) is 0 Å². The van der Waals surface area contributed by atoms with Crippen molar-refractivity contribution in [1.82, 2.24) is 15.3 Å². The van der Waals surface area contributed by atoms with Gasteiger partial charge in [0.15, 0.2) is 0 Å². The Labute approximate surface area is 71.2 Å². The fourth-order valence-corrected chi connectivity index (χ4v) is 1.52. The van der Waals surface area contributed by atoms with E-state index in [1.807, 2.05) is 6.07 Å². The van der Waals surface area contributed by atoms with Gasteiger partial charge in [0.2, 0.25) is 5.95 Å². The summed E-state index contributed by atoms with van der Waals surface area (Å²) in [6, 6.07) is 2.30. The lowest BCUT2D eigenvalue weighted by Gasteiger charge is -2.08. The van der Waals surface area contributed by atoms with E-state index in [2.05, 4.69) is 15.3 Å². The third-order valence-corrected chi connectivity index (χ3v) is 2.11. The van der Waals surface area contributed by atoms with Crippen molar-refractivity contribution < 1.29 is 0 Å². The molecule has 1 aromatic heterocycles. The molecule has 3 N–H and O–H groups in total. The molecule has 1 aliphatic heterocycles. The Balaban J connectivity index is 2.21. The van der Waals surface area contributed by atoms with Gasteiger partial charge in [-0.2, -0.15) is 0 Å². The van der Waals surface area contributed by atoms with Gasteiger partial charge in [0.25, 0.3) is 0 Å². The van der Waals surface area contributed by atoms with E-state index < -0.39 is 0 Å². The van der Waals surface area contributed by atoms with Crippen LogP contribution in [0.4, 0.5) is 5.95 Å². The summed E-state index contributed by atoms with van der Waals surface area (Å²) in [6.07, 6.45) is 4.07. The summed E-state index contributed by atoms with van der Waals surface area (Å²) in [5.74, 6) is 0.362. The zero-order valence-corrected chi connectivity index (χ0v) is 6.83. The molecule has 1 aliphatic rings. The molecule has 4 heteroatoms. The monoisotopic (exact) mass is 164 g/mol. The molecule has 2 heterocycles. The first-order valence-corrected chi connectivity index (χ1v) is 4.18.